The van der Waals surface area contributed by atoms with Crippen LogP contribution < -0.4 is 5.32 Å². The van der Waals surface area contributed by atoms with Crippen molar-refractivity contribution in [1.82, 2.24) is 10.4 Å². The second-order valence-corrected chi connectivity index (χ2v) is 4.73. The van der Waals surface area contributed by atoms with E-state index in [1.807, 2.05) is 0 Å². The molecule has 9 nitrogen and oxygen atoms in total. The lowest BCUT2D eigenvalue weighted by Gasteiger charge is -2.28. The number of carbonyl (C=O) groups excluding carboxylic acids is 1. The number of hydrogen-bond donors (Lipinski definition) is 1. The van der Waals surface area contributed by atoms with Crippen LogP contribution in [0.1, 0.15) is 10.4 Å². The van der Waals surface area contributed by atoms with Gasteiger partial charge in [-0.25, -0.2) is 10.1 Å². The van der Waals surface area contributed by atoms with Crippen LogP contribution in [-0.2, 0) is 9.57 Å². The van der Waals surface area contributed by atoms with Gasteiger partial charge in [-0.1, -0.05) is 11.6 Å². The molecule has 0 bridgehead atoms. The van der Waals surface area contributed by atoms with Gasteiger partial charge in [-0.2, -0.15) is 0 Å². The normalized spacial score (nSPS) is 16.7. The van der Waals surface area contributed by atoms with Crippen LogP contribution in [0.2, 0.25) is 5.02 Å². The molecule has 1 aliphatic heterocycles. The molecule has 0 spiro atoms. The first-order valence-electron chi connectivity index (χ1n) is 6.32. The quantitative estimate of drug-likeness (QED) is 0.646. The van der Waals surface area contributed by atoms with Gasteiger partial charge in [0.15, 0.2) is 5.76 Å². The van der Waals surface area contributed by atoms with Crippen LogP contribution in [0.3, 0.4) is 0 Å². The standard InChI is InChI=1S/C13H13ClN4O5/c1-22-9-6-15-13(17(7-9)23-2)16-12(19)10-5-8(18(20)21)3-4-11(10)14/h3-7,13H,1-2H3,(H,16,19). The molecular weight excluding hydrogens is 328 g/mol. The lowest BCUT2D eigenvalue weighted by Crippen LogP contribution is -2.45. The molecule has 122 valence electrons. The smallest absolute Gasteiger partial charge is 0.270 e. The Morgan fingerprint density at radius 2 is 2.22 bits per heavy atom. The van der Waals surface area contributed by atoms with E-state index in [4.69, 9.17) is 21.2 Å². The fraction of sp³-hybridized carbons (Fsp3) is 0.231. The predicted molar refractivity (Wildman–Crippen MR) is 81.8 cm³/mol. The molecule has 0 fully saturated rings. The van der Waals surface area contributed by atoms with Crippen molar-refractivity contribution in [2.45, 2.75) is 6.29 Å². The topological polar surface area (TPSA) is 106 Å². The Morgan fingerprint density at radius 3 is 2.83 bits per heavy atom. The van der Waals surface area contributed by atoms with Crippen molar-refractivity contribution in [3.05, 3.63) is 50.9 Å². The summed E-state index contributed by atoms with van der Waals surface area (Å²) in [6, 6.07) is 3.60. The summed E-state index contributed by atoms with van der Waals surface area (Å²) < 4.78 is 5.00. The van der Waals surface area contributed by atoms with Gasteiger partial charge in [-0.3, -0.25) is 19.7 Å². The molecular formula is C13H13ClN4O5. The molecule has 1 unspecified atom stereocenters. The fourth-order valence-electron chi connectivity index (χ4n) is 1.79. The summed E-state index contributed by atoms with van der Waals surface area (Å²) in [7, 11) is 2.86. The van der Waals surface area contributed by atoms with Gasteiger partial charge in [0.1, 0.15) is 0 Å². The number of nitro groups is 1. The molecule has 0 saturated carbocycles. The van der Waals surface area contributed by atoms with Crippen LogP contribution in [0.5, 0.6) is 0 Å². The van der Waals surface area contributed by atoms with E-state index in [1.54, 1.807) is 0 Å². The van der Waals surface area contributed by atoms with Gasteiger partial charge in [0.25, 0.3) is 11.6 Å². The molecule has 0 radical (unpaired) electrons. The number of nitrogens with one attached hydrogen (secondary N) is 1. The third kappa shape index (κ3) is 3.76. The maximum Gasteiger partial charge on any atom is 0.270 e. The first-order chi connectivity index (χ1) is 11.0. The number of aliphatic imine (C=N–C) groups is 1. The Balaban J connectivity index is 2.19. The van der Waals surface area contributed by atoms with Crippen molar-refractivity contribution in [3.63, 3.8) is 0 Å². The summed E-state index contributed by atoms with van der Waals surface area (Å²) in [6.45, 7) is 0. The number of halogens is 1. The van der Waals surface area contributed by atoms with Crippen molar-refractivity contribution in [1.29, 1.82) is 0 Å². The zero-order valence-electron chi connectivity index (χ0n) is 12.2. The van der Waals surface area contributed by atoms with E-state index in [1.165, 1.54) is 43.8 Å². The van der Waals surface area contributed by atoms with E-state index in [9.17, 15) is 14.9 Å². The molecule has 10 heteroatoms. The molecule has 2 rings (SSSR count). The van der Waals surface area contributed by atoms with E-state index in [2.05, 4.69) is 10.3 Å². The second-order valence-electron chi connectivity index (χ2n) is 4.32. The van der Waals surface area contributed by atoms with Crippen LogP contribution in [0.4, 0.5) is 5.69 Å². The molecule has 1 aromatic carbocycles. The number of nitrogens with zero attached hydrogens (tertiary/aromatic N) is 3. The summed E-state index contributed by atoms with van der Waals surface area (Å²) >= 11 is 5.93. The highest BCUT2D eigenvalue weighted by atomic mass is 35.5. The second kappa shape index (κ2) is 7.07. The number of carbonyl (C=O) groups is 1. The molecule has 1 amide bonds. The summed E-state index contributed by atoms with van der Waals surface area (Å²) in [5, 5.41) is 14.7. The minimum Gasteiger partial charge on any atom is -0.494 e. The number of ether oxygens (including phenoxy) is 1. The summed E-state index contributed by atoms with van der Waals surface area (Å²) in [5.74, 6) is -0.192. The molecule has 1 atom stereocenters. The number of allylic oxidation sites excluding steroid dienone is 1. The third-order valence-corrected chi connectivity index (χ3v) is 3.28. The van der Waals surface area contributed by atoms with Gasteiger partial charge in [0.05, 0.1) is 42.1 Å². The Labute approximate surface area is 136 Å². The Bertz CT molecular complexity index is 691. The van der Waals surface area contributed by atoms with Crippen molar-refractivity contribution in [2.24, 2.45) is 4.99 Å². The lowest BCUT2D eigenvalue weighted by atomic mass is 10.2. The van der Waals surface area contributed by atoms with Crippen molar-refractivity contribution in [3.8, 4) is 0 Å². The highest BCUT2D eigenvalue weighted by Gasteiger charge is 2.24. The SMILES string of the molecule is COC1=CN(OC)C(NC(=O)c2cc([N+](=O)[O-])ccc2Cl)N=C1. The van der Waals surface area contributed by atoms with E-state index in [0.29, 0.717) is 5.76 Å². The number of rotatable bonds is 5. The van der Waals surface area contributed by atoms with Crippen LogP contribution in [0.25, 0.3) is 0 Å². The van der Waals surface area contributed by atoms with Crippen LogP contribution >= 0.6 is 11.6 Å². The molecule has 1 heterocycles. The predicted octanol–water partition coefficient (Wildman–Crippen LogP) is 1.70. The van der Waals surface area contributed by atoms with Crippen molar-refractivity contribution >= 4 is 29.4 Å². The van der Waals surface area contributed by atoms with Gasteiger partial charge < -0.3 is 10.1 Å². The summed E-state index contributed by atoms with van der Waals surface area (Å²) in [5.41, 5.74) is -0.273. The molecule has 23 heavy (non-hydrogen) atoms. The lowest BCUT2D eigenvalue weighted by molar-refractivity contribution is -0.384. The Hall–Kier alpha value is -2.65. The summed E-state index contributed by atoms with van der Waals surface area (Å²) in [6.07, 6.45) is 2.05. The minimum absolute atomic E-state index is 0.0337. The van der Waals surface area contributed by atoms with Crippen molar-refractivity contribution in [2.75, 3.05) is 14.2 Å². The van der Waals surface area contributed by atoms with Crippen LogP contribution in [0.15, 0.2) is 35.2 Å². The molecule has 1 aliphatic rings. The Kier molecular flexibility index (Phi) is 5.14. The average molecular weight is 341 g/mol. The first kappa shape index (κ1) is 16.7. The fourth-order valence-corrected chi connectivity index (χ4v) is 2.00. The maximum absolute atomic E-state index is 12.3. The first-order valence-corrected chi connectivity index (χ1v) is 6.70. The number of non-ortho nitro benzene ring substituents is 1. The van der Waals surface area contributed by atoms with Gasteiger partial charge in [-0.15, -0.1) is 0 Å². The number of benzene rings is 1. The Morgan fingerprint density at radius 1 is 1.48 bits per heavy atom. The van der Waals surface area contributed by atoms with E-state index >= 15 is 0 Å². The zero-order chi connectivity index (χ0) is 17.0. The van der Waals surface area contributed by atoms with Gasteiger partial charge in [0, 0.05) is 12.1 Å². The number of hydrogen-bond acceptors (Lipinski definition) is 7. The van der Waals surface area contributed by atoms with Crippen LogP contribution in [0, 0.1) is 10.1 Å². The molecule has 0 saturated heterocycles. The molecule has 0 aromatic heterocycles. The van der Waals surface area contributed by atoms with Crippen LogP contribution in [-0.4, -0.2) is 42.6 Å². The monoisotopic (exact) mass is 340 g/mol. The number of methoxy groups -OCH3 is 1. The minimum atomic E-state index is -0.860. The average Bonchev–Trinajstić information content (AvgIpc) is 2.55. The molecule has 0 aliphatic carbocycles. The van der Waals surface area contributed by atoms with E-state index < -0.39 is 17.1 Å². The maximum atomic E-state index is 12.3. The van der Waals surface area contributed by atoms with Gasteiger partial charge >= 0.3 is 0 Å². The van der Waals surface area contributed by atoms with E-state index in [0.717, 1.165) is 6.07 Å². The van der Waals surface area contributed by atoms with E-state index in [-0.39, 0.29) is 16.3 Å². The molecule has 1 N–H and O–H groups in total. The van der Waals surface area contributed by atoms with Gasteiger partial charge in [0.2, 0.25) is 6.29 Å². The highest BCUT2D eigenvalue weighted by Crippen LogP contribution is 2.22. The molecule has 1 aromatic rings. The summed E-state index contributed by atoms with van der Waals surface area (Å²) in [4.78, 5) is 31.6. The highest BCUT2D eigenvalue weighted by molar-refractivity contribution is 6.33. The number of hydroxylamine groups is 2. The zero-order valence-corrected chi connectivity index (χ0v) is 13.0. The number of amides is 1. The number of nitro benzene ring substituents is 1. The largest absolute Gasteiger partial charge is 0.494 e. The van der Waals surface area contributed by atoms with Gasteiger partial charge in [-0.05, 0) is 6.07 Å². The third-order valence-electron chi connectivity index (χ3n) is 2.95. The van der Waals surface area contributed by atoms with Crippen molar-refractivity contribution < 1.29 is 19.3 Å².